The van der Waals surface area contributed by atoms with Gasteiger partial charge in [0.25, 0.3) is 0 Å². The second-order valence-corrected chi connectivity index (χ2v) is 8.60. The number of thioether (sulfide) groups is 1. The summed E-state index contributed by atoms with van der Waals surface area (Å²) in [6.07, 6.45) is -2.95. The van der Waals surface area contributed by atoms with E-state index in [1.165, 1.54) is 16.4 Å². The van der Waals surface area contributed by atoms with Gasteiger partial charge in [0, 0.05) is 12.2 Å². The van der Waals surface area contributed by atoms with Crippen LogP contribution >= 0.6 is 11.8 Å². The van der Waals surface area contributed by atoms with Gasteiger partial charge in [-0.05, 0) is 24.1 Å². The van der Waals surface area contributed by atoms with Crippen molar-refractivity contribution in [3.05, 3.63) is 29.8 Å². The molecular weight excluding hydrogens is 450 g/mol. The van der Waals surface area contributed by atoms with E-state index >= 15 is 0 Å². The minimum atomic E-state index is -1.30. The fourth-order valence-electron chi connectivity index (χ4n) is 3.46. The number of nitrogens with zero attached hydrogens (tertiary/aromatic N) is 5. The van der Waals surface area contributed by atoms with Gasteiger partial charge in [0.1, 0.15) is 24.1 Å². The predicted octanol–water partition coefficient (Wildman–Crippen LogP) is 0.965. The smallest absolute Gasteiger partial charge is 0.248 e. The highest BCUT2D eigenvalue weighted by Crippen LogP contribution is 2.33. The summed E-state index contributed by atoms with van der Waals surface area (Å²) in [5.74, 6) is 1.88. The van der Waals surface area contributed by atoms with Gasteiger partial charge in [-0.1, -0.05) is 36.0 Å². The van der Waals surface area contributed by atoms with Crippen LogP contribution in [-0.4, -0.2) is 84.7 Å². The van der Waals surface area contributed by atoms with E-state index in [1.54, 1.807) is 7.11 Å². The van der Waals surface area contributed by atoms with Gasteiger partial charge in [-0.15, -0.1) is 5.10 Å². The molecule has 1 aliphatic heterocycles. The van der Waals surface area contributed by atoms with Crippen LogP contribution < -0.4 is 9.47 Å². The Morgan fingerprint density at radius 1 is 1.15 bits per heavy atom. The summed E-state index contributed by atoms with van der Waals surface area (Å²) >= 11 is 1.47. The van der Waals surface area contributed by atoms with E-state index in [0.717, 1.165) is 23.5 Å². The number of rotatable bonds is 10. The van der Waals surface area contributed by atoms with Gasteiger partial charge >= 0.3 is 0 Å². The van der Waals surface area contributed by atoms with Crippen LogP contribution in [0, 0.1) is 0 Å². The lowest BCUT2D eigenvalue weighted by Crippen LogP contribution is -2.33. The maximum atomic E-state index is 10.4. The first-order chi connectivity index (χ1) is 16.0. The van der Waals surface area contributed by atoms with Crippen molar-refractivity contribution in [3.8, 4) is 11.6 Å². The Hall–Kier alpha value is -2.51. The van der Waals surface area contributed by atoms with Crippen LogP contribution in [0.25, 0.3) is 11.2 Å². The largest absolute Gasteiger partial charge is 0.497 e. The molecule has 0 aliphatic carbocycles. The van der Waals surface area contributed by atoms with Gasteiger partial charge in [-0.2, -0.15) is 9.67 Å². The highest BCUT2D eigenvalue weighted by molar-refractivity contribution is 7.99. The molecule has 11 nitrogen and oxygen atoms in total. The maximum Gasteiger partial charge on any atom is 0.248 e. The molecule has 1 aromatic carbocycles. The first-order valence-corrected chi connectivity index (χ1v) is 11.7. The van der Waals surface area contributed by atoms with Crippen LogP contribution in [-0.2, 0) is 11.2 Å². The van der Waals surface area contributed by atoms with Crippen molar-refractivity contribution < 1.29 is 29.5 Å². The molecule has 0 radical (unpaired) electrons. The Morgan fingerprint density at radius 2 is 1.94 bits per heavy atom. The van der Waals surface area contributed by atoms with Crippen molar-refractivity contribution in [2.75, 3.05) is 26.1 Å². The van der Waals surface area contributed by atoms with E-state index in [-0.39, 0.29) is 5.88 Å². The van der Waals surface area contributed by atoms with E-state index in [1.807, 2.05) is 24.3 Å². The molecule has 3 aromatic rings. The molecule has 1 aliphatic rings. The molecular formula is C21H27N5O6S. The first kappa shape index (κ1) is 23.6. The number of benzene rings is 1. The zero-order chi connectivity index (χ0) is 23.4. The normalized spacial score (nSPS) is 22.7. The van der Waals surface area contributed by atoms with Crippen molar-refractivity contribution in [1.29, 1.82) is 0 Å². The van der Waals surface area contributed by atoms with Crippen molar-refractivity contribution >= 4 is 22.9 Å². The van der Waals surface area contributed by atoms with Crippen LogP contribution in [0.2, 0.25) is 0 Å². The molecule has 3 N–H and O–H groups in total. The fraction of sp³-hybridized carbons (Fsp3) is 0.524. The minimum Gasteiger partial charge on any atom is -0.497 e. The number of aliphatic hydroxyl groups excluding tert-OH is 3. The Labute approximate surface area is 194 Å². The number of fused-ring (bicyclic) bond motifs is 1. The molecule has 1 saturated heterocycles. The molecule has 4 atom stereocenters. The molecule has 0 spiro atoms. The summed E-state index contributed by atoms with van der Waals surface area (Å²) < 4.78 is 18.0. The lowest BCUT2D eigenvalue weighted by Gasteiger charge is -2.15. The highest BCUT2D eigenvalue weighted by atomic mass is 32.2. The number of hydrogen-bond acceptors (Lipinski definition) is 11. The van der Waals surface area contributed by atoms with Crippen molar-refractivity contribution in [1.82, 2.24) is 25.0 Å². The number of ether oxygens (including phenoxy) is 3. The Balaban J connectivity index is 1.58. The molecule has 0 bridgehead atoms. The highest BCUT2D eigenvalue weighted by Gasteiger charge is 2.45. The topological polar surface area (TPSA) is 145 Å². The molecule has 33 heavy (non-hydrogen) atoms. The lowest BCUT2D eigenvalue weighted by atomic mass is 10.1. The summed E-state index contributed by atoms with van der Waals surface area (Å²) in [6, 6.07) is 7.73. The summed E-state index contributed by atoms with van der Waals surface area (Å²) in [5, 5.41) is 38.6. The quantitative estimate of drug-likeness (QED) is 0.284. The number of aliphatic hydroxyl groups is 3. The molecule has 0 saturated carbocycles. The van der Waals surface area contributed by atoms with Gasteiger partial charge in [-0.25, -0.2) is 4.98 Å². The molecule has 2 aromatic heterocycles. The van der Waals surface area contributed by atoms with Crippen LogP contribution in [0.1, 0.15) is 25.1 Å². The second kappa shape index (κ2) is 10.6. The van der Waals surface area contributed by atoms with E-state index < -0.39 is 31.1 Å². The van der Waals surface area contributed by atoms with Crippen molar-refractivity contribution in [2.24, 2.45) is 0 Å². The summed E-state index contributed by atoms with van der Waals surface area (Å²) in [7, 11) is 1.63. The Morgan fingerprint density at radius 3 is 2.61 bits per heavy atom. The van der Waals surface area contributed by atoms with E-state index in [4.69, 9.17) is 14.2 Å². The Kier molecular flexibility index (Phi) is 7.60. The van der Waals surface area contributed by atoms with Gasteiger partial charge in [0.2, 0.25) is 5.88 Å². The molecule has 4 rings (SSSR count). The van der Waals surface area contributed by atoms with Crippen LogP contribution in [0.3, 0.4) is 0 Å². The average molecular weight is 478 g/mol. The van der Waals surface area contributed by atoms with Gasteiger partial charge in [0.15, 0.2) is 22.5 Å². The van der Waals surface area contributed by atoms with E-state index in [0.29, 0.717) is 29.3 Å². The Bertz CT molecular complexity index is 1070. The summed E-state index contributed by atoms with van der Waals surface area (Å²) in [6.45, 7) is 1.98. The first-order valence-electron chi connectivity index (χ1n) is 10.7. The monoisotopic (exact) mass is 477 g/mol. The molecule has 0 amide bonds. The zero-order valence-electron chi connectivity index (χ0n) is 18.4. The van der Waals surface area contributed by atoms with Crippen molar-refractivity contribution in [3.63, 3.8) is 0 Å². The zero-order valence-corrected chi connectivity index (χ0v) is 19.2. The molecule has 1 fully saturated rings. The fourth-order valence-corrected chi connectivity index (χ4v) is 4.14. The molecule has 0 unspecified atom stereocenters. The van der Waals surface area contributed by atoms with Gasteiger partial charge in [-0.3, -0.25) is 0 Å². The maximum absolute atomic E-state index is 10.4. The second-order valence-electron chi connectivity index (χ2n) is 7.54. The molecule has 3 heterocycles. The average Bonchev–Trinajstić information content (AvgIpc) is 3.38. The van der Waals surface area contributed by atoms with Gasteiger partial charge in [0.05, 0.1) is 20.3 Å². The third-order valence-corrected chi connectivity index (χ3v) is 6.31. The SMILES string of the molecule is CCCSc1nc(OCCc2ccc(OC)cc2)c2nnn([C@@H]3O[C@H](CO)[C@@H](O)[C@H]3O)c2n1. The van der Waals surface area contributed by atoms with Gasteiger partial charge < -0.3 is 29.5 Å². The number of methoxy groups -OCH3 is 1. The van der Waals surface area contributed by atoms with Crippen molar-refractivity contribution in [2.45, 2.75) is 49.5 Å². The van der Waals surface area contributed by atoms with E-state index in [2.05, 4.69) is 27.2 Å². The number of aromatic nitrogens is 5. The molecule has 12 heteroatoms. The minimum absolute atomic E-state index is 0.283. The number of hydrogen-bond donors (Lipinski definition) is 3. The van der Waals surface area contributed by atoms with E-state index in [9.17, 15) is 15.3 Å². The standard InChI is InChI=1S/C21H27N5O6S/c1-3-10-33-21-22-18-15(24-25-26(18)20-17(29)16(28)14(11-27)32-20)19(23-21)31-9-8-12-4-6-13(30-2)7-5-12/h4-7,14,16-17,20,27-29H,3,8-11H2,1-2H3/t14-,16-,17-,20-/m1/s1. The third-order valence-electron chi connectivity index (χ3n) is 5.25. The summed E-state index contributed by atoms with van der Waals surface area (Å²) in [4.78, 5) is 9.04. The lowest BCUT2D eigenvalue weighted by molar-refractivity contribution is -0.0575. The predicted molar refractivity (Wildman–Crippen MR) is 119 cm³/mol. The molecule has 178 valence electrons. The van der Waals surface area contributed by atoms with Crippen LogP contribution in [0.15, 0.2) is 29.4 Å². The third kappa shape index (κ3) is 5.04. The van der Waals surface area contributed by atoms with Crippen LogP contribution in [0.5, 0.6) is 11.6 Å². The summed E-state index contributed by atoms with van der Waals surface area (Å²) in [5.41, 5.74) is 1.72. The van der Waals surface area contributed by atoms with Crippen LogP contribution in [0.4, 0.5) is 0 Å².